The molecule has 26 heavy (non-hydrogen) atoms. The highest BCUT2D eigenvalue weighted by molar-refractivity contribution is 6.30. The maximum Gasteiger partial charge on any atom is 0.270 e. The molecule has 1 fully saturated rings. The molecule has 136 valence electrons. The van der Waals surface area contributed by atoms with Crippen LogP contribution in [0.2, 0.25) is 5.15 Å². The summed E-state index contributed by atoms with van der Waals surface area (Å²) >= 11 is 6.07. The molecule has 2 aromatic rings. The van der Waals surface area contributed by atoms with Gasteiger partial charge in [-0.1, -0.05) is 17.7 Å². The van der Waals surface area contributed by atoms with E-state index in [2.05, 4.69) is 15.6 Å². The zero-order valence-corrected chi connectivity index (χ0v) is 14.5. The molecule has 1 saturated heterocycles. The van der Waals surface area contributed by atoms with Crippen molar-refractivity contribution in [1.29, 1.82) is 0 Å². The molecule has 9 heteroatoms. The molecule has 0 unspecified atom stereocenters. The van der Waals surface area contributed by atoms with Crippen LogP contribution in [0.1, 0.15) is 22.3 Å². The standard InChI is InChI=1S/C17H17ClN4O4/c18-16-12(7-15(9-20-16)26-10-13-4-5-19-13)8-21-17(23)11-2-1-3-14(6-11)22(24)25/h1-3,6-7,9,13,19H,4-5,8,10H2,(H,21,23)/t13-/m0/s1. The largest absolute Gasteiger partial charge is 0.490 e. The molecule has 2 N–H and O–H groups in total. The molecule has 0 saturated carbocycles. The van der Waals surface area contributed by atoms with E-state index in [0.29, 0.717) is 24.0 Å². The van der Waals surface area contributed by atoms with Gasteiger partial charge in [0, 0.05) is 35.8 Å². The fourth-order valence-corrected chi connectivity index (χ4v) is 2.57. The van der Waals surface area contributed by atoms with Crippen LogP contribution in [0.4, 0.5) is 5.69 Å². The summed E-state index contributed by atoms with van der Waals surface area (Å²) < 4.78 is 5.67. The zero-order chi connectivity index (χ0) is 18.5. The molecule has 0 spiro atoms. The Kier molecular flexibility index (Phi) is 5.65. The molecule has 1 amide bonds. The van der Waals surface area contributed by atoms with Crippen molar-refractivity contribution in [3.8, 4) is 5.75 Å². The van der Waals surface area contributed by atoms with E-state index in [1.54, 1.807) is 6.07 Å². The second kappa shape index (κ2) is 8.11. The van der Waals surface area contributed by atoms with E-state index >= 15 is 0 Å². The number of nitrogens with one attached hydrogen (secondary N) is 2. The molecule has 2 heterocycles. The Morgan fingerprint density at radius 2 is 2.27 bits per heavy atom. The Balaban J connectivity index is 1.61. The molecule has 0 bridgehead atoms. The van der Waals surface area contributed by atoms with Crippen molar-refractivity contribution in [3.63, 3.8) is 0 Å². The molecule has 1 aliphatic rings. The summed E-state index contributed by atoms with van der Waals surface area (Å²) in [4.78, 5) is 26.5. The summed E-state index contributed by atoms with van der Waals surface area (Å²) in [6.07, 6.45) is 2.61. The lowest BCUT2D eigenvalue weighted by atomic mass is 10.1. The second-order valence-corrected chi connectivity index (χ2v) is 6.22. The molecule has 1 aromatic heterocycles. The van der Waals surface area contributed by atoms with Crippen LogP contribution in [0.15, 0.2) is 36.5 Å². The van der Waals surface area contributed by atoms with Crippen molar-refractivity contribution < 1.29 is 14.5 Å². The Morgan fingerprint density at radius 1 is 1.46 bits per heavy atom. The number of benzene rings is 1. The van der Waals surface area contributed by atoms with E-state index in [9.17, 15) is 14.9 Å². The summed E-state index contributed by atoms with van der Waals surface area (Å²) in [6.45, 7) is 1.68. The van der Waals surface area contributed by atoms with Crippen LogP contribution < -0.4 is 15.4 Å². The zero-order valence-electron chi connectivity index (χ0n) is 13.8. The number of nitrogens with zero attached hydrogens (tertiary/aromatic N) is 2. The average Bonchev–Trinajstić information content (AvgIpc) is 2.60. The Hall–Kier alpha value is -2.71. The van der Waals surface area contributed by atoms with E-state index < -0.39 is 10.8 Å². The highest BCUT2D eigenvalue weighted by Gasteiger charge is 2.17. The monoisotopic (exact) mass is 376 g/mol. The van der Waals surface area contributed by atoms with Crippen molar-refractivity contribution in [2.45, 2.75) is 19.0 Å². The van der Waals surface area contributed by atoms with Crippen LogP contribution in [-0.4, -0.2) is 35.0 Å². The van der Waals surface area contributed by atoms with Crippen molar-refractivity contribution >= 4 is 23.2 Å². The van der Waals surface area contributed by atoms with E-state index in [1.807, 2.05) is 0 Å². The lowest BCUT2D eigenvalue weighted by Crippen LogP contribution is -2.46. The smallest absolute Gasteiger partial charge is 0.270 e. The molecule has 1 aromatic carbocycles. The minimum absolute atomic E-state index is 0.131. The van der Waals surface area contributed by atoms with Gasteiger partial charge in [-0.15, -0.1) is 0 Å². The van der Waals surface area contributed by atoms with E-state index in [4.69, 9.17) is 16.3 Å². The molecule has 1 atom stereocenters. The summed E-state index contributed by atoms with van der Waals surface area (Å²) in [6, 6.07) is 7.60. The van der Waals surface area contributed by atoms with Crippen LogP contribution in [0.3, 0.4) is 0 Å². The number of carbonyl (C=O) groups is 1. The average molecular weight is 377 g/mol. The number of pyridine rings is 1. The van der Waals surface area contributed by atoms with E-state index in [0.717, 1.165) is 13.0 Å². The molecular formula is C17H17ClN4O4. The maximum atomic E-state index is 12.2. The first-order chi connectivity index (χ1) is 12.5. The van der Waals surface area contributed by atoms with Crippen LogP contribution in [0.25, 0.3) is 0 Å². The number of nitro groups is 1. The number of ether oxygens (including phenoxy) is 1. The number of aromatic nitrogens is 1. The summed E-state index contributed by atoms with van der Waals surface area (Å²) in [7, 11) is 0. The van der Waals surface area contributed by atoms with E-state index in [1.165, 1.54) is 30.5 Å². The van der Waals surface area contributed by atoms with Gasteiger partial charge in [-0.05, 0) is 25.1 Å². The van der Waals surface area contributed by atoms with Crippen LogP contribution in [0.5, 0.6) is 5.75 Å². The molecule has 0 aliphatic carbocycles. The highest BCUT2D eigenvalue weighted by Crippen LogP contribution is 2.20. The molecule has 3 rings (SSSR count). The highest BCUT2D eigenvalue weighted by atomic mass is 35.5. The number of amides is 1. The number of rotatable bonds is 7. The van der Waals surface area contributed by atoms with Crippen LogP contribution >= 0.6 is 11.6 Å². The minimum atomic E-state index is -0.546. The number of nitro benzene ring substituents is 1. The Bertz CT molecular complexity index is 826. The van der Waals surface area contributed by atoms with Crippen molar-refractivity contribution in [2.24, 2.45) is 0 Å². The van der Waals surface area contributed by atoms with Gasteiger partial charge in [0.25, 0.3) is 11.6 Å². The summed E-state index contributed by atoms with van der Waals surface area (Å²) in [5, 5.41) is 17.0. The first-order valence-corrected chi connectivity index (χ1v) is 8.44. The number of halogens is 1. The molecule has 0 radical (unpaired) electrons. The number of hydrogen-bond acceptors (Lipinski definition) is 6. The topological polar surface area (TPSA) is 106 Å². The normalized spacial score (nSPS) is 15.8. The Morgan fingerprint density at radius 3 is 2.96 bits per heavy atom. The fourth-order valence-electron chi connectivity index (χ4n) is 2.40. The third-order valence-electron chi connectivity index (χ3n) is 4.02. The molecule has 1 aliphatic heterocycles. The fraction of sp³-hybridized carbons (Fsp3) is 0.294. The SMILES string of the molecule is O=C(NCc1cc(OC[C@@H]2CCN2)cnc1Cl)c1cccc([N+](=O)[O-])c1. The van der Waals surface area contributed by atoms with Gasteiger partial charge in [0.2, 0.25) is 0 Å². The van der Waals surface area contributed by atoms with Crippen molar-refractivity contribution in [3.05, 3.63) is 62.9 Å². The van der Waals surface area contributed by atoms with Crippen LogP contribution in [-0.2, 0) is 6.54 Å². The van der Waals surface area contributed by atoms with E-state index in [-0.39, 0.29) is 22.9 Å². The number of hydrogen-bond donors (Lipinski definition) is 2. The number of carbonyl (C=O) groups excluding carboxylic acids is 1. The number of non-ortho nitro benzene ring substituents is 1. The van der Waals surface area contributed by atoms with Gasteiger partial charge in [-0.2, -0.15) is 0 Å². The van der Waals surface area contributed by atoms with Gasteiger partial charge in [0.1, 0.15) is 17.5 Å². The lowest BCUT2D eigenvalue weighted by Gasteiger charge is -2.27. The van der Waals surface area contributed by atoms with Crippen molar-refractivity contribution in [2.75, 3.05) is 13.2 Å². The lowest BCUT2D eigenvalue weighted by molar-refractivity contribution is -0.384. The second-order valence-electron chi connectivity index (χ2n) is 5.86. The van der Waals surface area contributed by atoms with Crippen molar-refractivity contribution in [1.82, 2.24) is 15.6 Å². The van der Waals surface area contributed by atoms with Gasteiger partial charge < -0.3 is 15.4 Å². The van der Waals surface area contributed by atoms with Gasteiger partial charge >= 0.3 is 0 Å². The summed E-state index contributed by atoms with van der Waals surface area (Å²) in [5.74, 6) is 0.137. The van der Waals surface area contributed by atoms with Gasteiger partial charge in [0.15, 0.2) is 0 Å². The predicted molar refractivity (Wildman–Crippen MR) is 95.4 cm³/mol. The first kappa shape index (κ1) is 18.1. The third-order valence-corrected chi connectivity index (χ3v) is 4.36. The van der Waals surface area contributed by atoms with Gasteiger partial charge in [-0.25, -0.2) is 4.98 Å². The summed E-state index contributed by atoms with van der Waals surface area (Å²) in [5.41, 5.74) is 0.661. The van der Waals surface area contributed by atoms with Crippen LogP contribution in [0, 0.1) is 10.1 Å². The quantitative estimate of drug-likeness (QED) is 0.436. The predicted octanol–water partition coefficient (Wildman–Crippen LogP) is 2.31. The minimum Gasteiger partial charge on any atom is -0.490 e. The van der Waals surface area contributed by atoms with Gasteiger partial charge in [0.05, 0.1) is 11.1 Å². The Labute approximate surface area is 154 Å². The first-order valence-electron chi connectivity index (χ1n) is 8.06. The third kappa shape index (κ3) is 4.47. The molecule has 8 nitrogen and oxygen atoms in total. The molecular weight excluding hydrogens is 360 g/mol. The van der Waals surface area contributed by atoms with Gasteiger partial charge in [-0.3, -0.25) is 14.9 Å². The maximum absolute atomic E-state index is 12.2.